The summed E-state index contributed by atoms with van der Waals surface area (Å²) < 4.78 is 28.6. The van der Waals surface area contributed by atoms with Gasteiger partial charge in [-0.15, -0.1) is 0 Å². The molecule has 1 aliphatic rings. The second-order valence-corrected chi connectivity index (χ2v) is 6.09. The van der Waals surface area contributed by atoms with Crippen LogP contribution in [-0.2, 0) is 6.54 Å². The summed E-state index contributed by atoms with van der Waals surface area (Å²) >= 11 is 0. The van der Waals surface area contributed by atoms with E-state index >= 15 is 0 Å². The predicted molar refractivity (Wildman–Crippen MR) is 85.7 cm³/mol. The standard InChI is InChI=1S/C17H26F2N2O2/c1-20(9-2-12-22)15-7-10-21(11-8-15)13-14-3-5-16(6-4-14)23-17(18)19/h3-6,15,17,22H,2,7-13H2,1H3. The number of aliphatic hydroxyl groups excluding tert-OH is 1. The van der Waals surface area contributed by atoms with Crippen LogP contribution in [-0.4, -0.2) is 60.8 Å². The molecule has 4 nitrogen and oxygen atoms in total. The van der Waals surface area contributed by atoms with Crippen LogP contribution < -0.4 is 4.74 Å². The molecule has 1 N–H and O–H groups in total. The minimum Gasteiger partial charge on any atom is -0.435 e. The number of rotatable bonds is 8. The van der Waals surface area contributed by atoms with Crippen molar-refractivity contribution in [3.63, 3.8) is 0 Å². The third-order valence-corrected chi connectivity index (χ3v) is 4.40. The predicted octanol–water partition coefficient (Wildman–Crippen LogP) is 2.57. The third kappa shape index (κ3) is 6.05. The van der Waals surface area contributed by atoms with Gasteiger partial charge in [0, 0.05) is 25.7 Å². The minimum atomic E-state index is -2.78. The zero-order valence-corrected chi connectivity index (χ0v) is 13.6. The van der Waals surface area contributed by atoms with Crippen molar-refractivity contribution >= 4 is 0 Å². The van der Waals surface area contributed by atoms with Crippen molar-refractivity contribution in [2.45, 2.75) is 38.5 Å². The van der Waals surface area contributed by atoms with Crippen molar-refractivity contribution in [1.82, 2.24) is 9.80 Å². The molecular formula is C17H26F2N2O2. The quantitative estimate of drug-likeness (QED) is 0.796. The molecule has 2 rings (SSSR count). The van der Waals surface area contributed by atoms with Crippen LogP contribution in [0.15, 0.2) is 24.3 Å². The van der Waals surface area contributed by atoms with Gasteiger partial charge in [-0.05, 0) is 57.1 Å². The van der Waals surface area contributed by atoms with Crippen molar-refractivity contribution in [3.8, 4) is 5.75 Å². The lowest BCUT2D eigenvalue weighted by molar-refractivity contribution is -0.0498. The topological polar surface area (TPSA) is 35.9 Å². The molecule has 23 heavy (non-hydrogen) atoms. The van der Waals surface area contributed by atoms with E-state index in [-0.39, 0.29) is 12.4 Å². The van der Waals surface area contributed by atoms with Gasteiger partial charge in [0.2, 0.25) is 0 Å². The van der Waals surface area contributed by atoms with Crippen molar-refractivity contribution < 1.29 is 18.6 Å². The molecule has 0 radical (unpaired) electrons. The van der Waals surface area contributed by atoms with Crippen molar-refractivity contribution in [2.24, 2.45) is 0 Å². The summed E-state index contributed by atoms with van der Waals surface area (Å²) in [6, 6.07) is 7.46. The Labute approximate surface area is 136 Å². The van der Waals surface area contributed by atoms with E-state index in [0.29, 0.717) is 6.04 Å². The van der Waals surface area contributed by atoms with Gasteiger partial charge < -0.3 is 14.7 Å². The van der Waals surface area contributed by atoms with Crippen molar-refractivity contribution in [2.75, 3.05) is 33.3 Å². The van der Waals surface area contributed by atoms with Crippen LogP contribution in [0, 0.1) is 0 Å². The Balaban J connectivity index is 1.75. The fraction of sp³-hybridized carbons (Fsp3) is 0.647. The second kappa shape index (κ2) is 9.15. The number of alkyl halides is 2. The lowest BCUT2D eigenvalue weighted by Gasteiger charge is -2.36. The SMILES string of the molecule is CN(CCCO)C1CCN(Cc2ccc(OC(F)F)cc2)CC1. The first kappa shape index (κ1) is 18.1. The van der Waals surface area contributed by atoms with Crippen LogP contribution in [0.5, 0.6) is 5.75 Å². The number of ether oxygens (including phenoxy) is 1. The van der Waals surface area contributed by atoms with E-state index in [4.69, 9.17) is 5.11 Å². The van der Waals surface area contributed by atoms with Gasteiger partial charge in [0.15, 0.2) is 0 Å². The molecule has 1 aromatic rings. The summed E-state index contributed by atoms with van der Waals surface area (Å²) in [6.45, 7) is 1.30. The molecule has 0 spiro atoms. The van der Waals surface area contributed by atoms with Gasteiger partial charge in [0.25, 0.3) is 0 Å². The van der Waals surface area contributed by atoms with Gasteiger partial charge in [-0.2, -0.15) is 8.78 Å². The number of likely N-dealkylation sites (tertiary alicyclic amines) is 1. The molecule has 0 atom stereocenters. The highest BCUT2D eigenvalue weighted by Gasteiger charge is 2.22. The lowest BCUT2D eigenvalue weighted by Crippen LogP contribution is -2.43. The lowest BCUT2D eigenvalue weighted by atomic mass is 10.0. The maximum Gasteiger partial charge on any atom is 0.387 e. The molecule has 1 aromatic carbocycles. The molecule has 0 bridgehead atoms. The highest BCUT2D eigenvalue weighted by atomic mass is 19.3. The van der Waals surface area contributed by atoms with Gasteiger partial charge in [0.1, 0.15) is 5.75 Å². The molecule has 0 unspecified atom stereocenters. The van der Waals surface area contributed by atoms with Crippen LogP contribution in [0.3, 0.4) is 0 Å². The molecule has 0 aliphatic carbocycles. The third-order valence-electron chi connectivity index (χ3n) is 4.40. The number of piperidine rings is 1. The van der Waals surface area contributed by atoms with E-state index in [2.05, 4.69) is 21.6 Å². The Hall–Kier alpha value is -1.24. The van der Waals surface area contributed by atoms with Gasteiger partial charge in [0.05, 0.1) is 0 Å². The average Bonchev–Trinajstić information content (AvgIpc) is 2.54. The molecule has 1 fully saturated rings. The Bertz CT molecular complexity index is 448. The Morgan fingerprint density at radius 3 is 2.48 bits per heavy atom. The molecule has 1 saturated heterocycles. The van der Waals surface area contributed by atoms with E-state index in [0.717, 1.165) is 51.0 Å². The smallest absolute Gasteiger partial charge is 0.387 e. The van der Waals surface area contributed by atoms with Crippen molar-refractivity contribution in [3.05, 3.63) is 29.8 Å². The summed E-state index contributed by atoms with van der Waals surface area (Å²) in [4.78, 5) is 4.73. The molecule has 1 aliphatic heterocycles. The average molecular weight is 328 g/mol. The Morgan fingerprint density at radius 1 is 1.26 bits per heavy atom. The summed E-state index contributed by atoms with van der Waals surface area (Å²) in [5, 5.41) is 8.90. The van der Waals surface area contributed by atoms with Crippen LogP contribution in [0.2, 0.25) is 0 Å². The van der Waals surface area contributed by atoms with Gasteiger partial charge in [-0.3, -0.25) is 4.90 Å². The van der Waals surface area contributed by atoms with Crippen LogP contribution in [0.1, 0.15) is 24.8 Å². The highest BCUT2D eigenvalue weighted by molar-refractivity contribution is 5.27. The molecule has 0 amide bonds. The molecule has 130 valence electrons. The molecule has 0 aromatic heterocycles. The molecular weight excluding hydrogens is 302 g/mol. The van der Waals surface area contributed by atoms with E-state index in [1.165, 1.54) is 0 Å². The number of aliphatic hydroxyl groups is 1. The molecule has 6 heteroatoms. The molecule has 1 heterocycles. The maximum absolute atomic E-state index is 12.1. The van der Waals surface area contributed by atoms with Crippen LogP contribution >= 0.6 is 0 Å². The Morgan fingerprint density at radius 2 is 1.91 bits per heavy atom. The van der Waals surface area contributed by atoms with E-state index in [1.54, 1.807) is 12.1 Å². The number of hydrogen-bond donors (Lipinski definition) is 1. The monoisotopic (exact) mass is 328 g/mol. The fourth-order valence-electron chi connectivity index (χ4n) is 3.06. The minimum absolute atomic E-state index is 0.202. The zero-order valence-electron chi connectivity index (χ0n) is 13.6. The van der Waals surface area contributed by atoms with Crippen LogP contribution in [0.4, 0.5) is 8.78 Å². The van der Waals surface area contributed by atoms with E-state index in [1.807, 2.05) is 12.1 Å². The first-order valence-corrected chi connectivity index (χ1v) is 8.15. The van der Waals surface area contributed by atoms with Gasteiger partial charge in [-0.25, -0.2) is 0 Å². The fourth-order valence-corrected chi connectivity index (χ4v) is 3.06. The summed E-state index contributed by atoms with van der Waals surface area (Å²) in [5.41, 5.74) is 1.11. The Kier molecular flexibility index (Phi) is 7.20. The largest absolute Gasteiger partial charge is 0.435 e. The van der Waals surface area contributed by atoms with Gasteiger partial charge in [-0.1, -0.05) is 12.1 Å². The first-order valence-electron chi connectivity index (χ1n) is 8.15. The summed E-state index contributed by atoms with van der Waals surface area (Å²) in [7, 11) is 2.12. The van der Waals surface area contributed by atoms with E-state index < -0.39 is 6.61 Å². The number of benzene rings is 1. The molecule has 0 saturated carbocycles. The number of halogens is 2. The van der Waals surface area contributed by atoms with Crippen molar-refractivity contribution in [1.29, 1.82) is 0 Å². The summed E-state index contributed by atoms with van der Waals surface area (Å²) in [5.74, 6) is 0.202. The number of hydrogen-bond acceptors (Lipinski definition) is 4. The van der Waals surface area contributed by atoms with Crippen LogP contribution in [0.25, 0.3) is 0 Å². The van der Waals surface area contributed by atoms with E-state index in [9.17, 15) is 8.78 Å². The highest BCUT2D eigenvalue weighted by Crippen LogP contribution is 2.20. The maximum atomic E-state index is 12.1. The second-order valence-electron chi connectivity index (χ2n) is 6.09. The van der Waals surface area contributed by atoms with Gasteiger partial charge >= 0.3 is 6.61 Å². The number of nitrogens with zero attached hydrogens (tertiary/aromatic N) is 2. The first-order chi connectivity index (χ1) is 11.1. The normalized spacial score (nSPS) is 17.1. The zero-order chi connectivity index (χ0) is 16.7. The summed E-state index contributed by atoms with van der Waals surface area (Å²) in [6.07, 6.45) is 3.06.